The molecule has 0 bridgehead atoms. The Morgan fingerprint density at radius 2 is 1.95 bits per heavy atom. The van der Waals surface area contributed by atoms with Gasteiger partial charge in [-0.25, -0.2) is 0 Å². The molecule has 0 unspecified atom stereocenters. The maximum atomic E-state index is 11.9. The lowest BCUT2D eigenvalue weighted by Gasteiger charge is -2.13. The van der Waals surface area contributed by atoms with Crippen molar-refractivity contribution in [3.8, 4) is 0 Å². The second-order valence-corrected chi connectivity index (χ2v) is 5.40. The summed E-state index contributed by atoms with van der Waals surface area (Å²) >= 11 is 0. The maximum absolute atomic E-state index is 11.9. The second kappa shape index (κ2) is 7.02. The van der Waals surface area contributed by atoms with Gasteiger partial charge in [-0.3, -0.25) is 4.79 Å². The van der Waals surface area contributed by atoms with E-state index in [2.05, 4.69) is 15.5 Å². The topological polar surface area (TPSA) is 68.0 Å². The van der Waals surface area contributed by atoms with Gasteiger partial charge >= 0.3 is 0 Å². The highest BCUT2D eigenvalue weighted by Gasteiger charge is 2.13. The van der Waals surface area contributed by atoms with Crippen LogP contribution in [-0.2, 0) is 11.2 Å². The van der Waals surface area contributed by atoms with E-state index in [1.54, 1.807) is 0 Å². The van der Waals surface area contributed by atoms with E-state index in [9.17, 15) is 4.79 Å². The number of aryl methyl sites for hydroxylation is 1. The maximum Gasteiger partial charge on any atom is 0.227 e. The minimum atomic E-state index is -0.0179. The number of rotatable bonds is 6. The molecule has 1 atom stereocenters. The molecule has 0 aliphatic heterocycles. The number of carbonyl (C=O) groups excluding carboxylic acids is 1. The van der Waals surface area contributed by atoms with Crippen LogP contribution in [0, 0.1) is 0 Å². The molecule has 5 nitrogen and oxygen atoms in total. The summed E-state index contributed by atoms with van der Waals surface area (Å²) in [6, 6.07) is 9.87. The summed E-state index contributed by atoms with van der Waals surface area (Å²) in [5, 5.41) is 6.85. The van der Waals surface area contributed by atoms with Gasteiger partial charge in [0, 0.05) is 18.8 Å². The molecule has 1 amide bonds. The van der Waals surface area contributed by atoms with Crippen LogP contribution in [0.25, 0.3) is 0 Å². The number of carbonyl (C=O) groups is 1. The molecule has 1 aromatic carbocycles. The third kappa shape index (κ3) is 4.41. The zero-order valence-electron chi connectivity index (χ0n) is 12.7. The number of aromatic nitrogens is 2. The largest absolute Gasteiger partial charge is 0.350 e. The van der Waals surface area contributed by atoms with Gasteiger partial charge in [0.05, 0.1) is 6.04 Å². The van der Waals surface area contributed by atoms with E-state index in [1.807, 2.05) is 51.1 Å². The molecule has 5 heteroatoms. The van der Waals surface area contributed by atoms with Crippen molar-refractivity contribution in [1.82, 2.24) is 15.5 Å². The van der Waals surface area contributed by atoms with E-state index in [4.69, 9.17) is 4.52 Å². The number of nitrogens with one attached hydrogen (secondary N) is 1. The van der Waals surface area contributed by atoms with Gasteiger partial charge < -0.3 is 9.84 Å². The monoisotopic (exact) mass is 287 g/mol. The summed E-state index contributed by atoms with van der Waals surface area (Å²) in [6.07, 6.45) is 0.809. The fraction of sp³-hybridized carbons (Fsp3) is 0.438. The lowest BCUT2D eigenvalue weighted by molar-refractivity contribution is -0.121. The number of benzene rings is 1. The molecule has 0 radical (unpaired) electrons. The fourth-order valence-corrected chi connectivity index (χ4v) is 1.96. The molecule has 2 aromatic rings. The standard InChI is InChI=1S/C16H21N3O2/c1-11(2)16-18-15(21-19-16)10-9-14(20)17-12(3)13-7-5-4-6-8-13/h4-8,11-12H,9-10H2,1-3H3,(H,17,20)/t12-/m0/s1. The Labute approximate surface area is 124 Å². The molecule has 1 aromatic heterocycles. The summed E-state index contributed by atoms with van der Waals surface area (Å²) in [6.45, 7) is 5.97. The zero-order chi connectivity index (χ0) is 15.2. The lowest BCUT2D eigenvalue weighted by atomic mass is 10.1. The molecule has 112 valence electrons. The Balaban J connectivity index is 1.82. The van der Waals surface area contributed by atoms with Crippen molar-refractivity contribution in [3.63, 3.8) is 0 Å². The van der Waals surface area contributed by atoms with Gasteiger partial charge in [-0.2, -0.15) is 4.98 Å². The van der Waals surface area contributed by atoms with Crippen LogP contribution in [0.2, 0.25) is 0 Å². The van der Waals surface area contributed by atoms with Crippen LogP contribution in [0.4, 0.5) is 0 Å². The van der Waals surface area contributed by atoms with Crippen LogP contribution in [0.15, 0.2) is 34.9 Å². The van der Waals surface area contributed by atoms with Gasteiger partial charge in [0.15, 0.2) is 5.82 Å². The Kier molecular flexibility index (Phi) is 5.09. The molecule has 0 saturated heterocycles. The first-order valence-corrected chi connectivity index (χ1v) is 7.23. The van der Waals surface area contributed by atoms with E-state index in [-0.39, 0.29) is 17.9 Å². The first-order valence-electron chi connectivity index (χ1n) is 7.23. The predicted molar refractivity (Wildman–Crippen MR) is 79.7 cm³/mol. The average molecular weight is 287 g/mol. The van der Waals surface area contributed by atoms with Crippen LogP contribution < -0.4 is 5.32 Å². The summed E-state index contributed by atoms with van der Waals surface area (Å²) in [7, 11) is 0. The second-order valence-electron chi connectivity index (χ2n) is 5.40. The van der Waals surface area contributed by atoms with Gasteiger partial charge in [-0.15, -0.1) is 0 Å². The van der Waals surface area contributed by atoms with Crippen molar-refractivity contribution in [2.75, 3.05) is 0 Å². The van der Waals surface area contributed by atoms with Crippen molar-refractivity contribution >= 4 is 5.91 Å². The molecule has 1 heterocycles. The van der Waals surface area contributed by atoms with Gasteiger partial charge in [0.2, 0.25) is 11.8 Å². The molecule has 2 rings (SSSR count). The molecule has 0 fully saturated rings. The zero-order valence-corrected chi connectivity index (χ0v) is 12.7. The van der Waals surface area contributed by atoms with Crippen molar-refractivity contribution in [2.24, 2.45) is 0 Å². The van der Waals surface area contributed by atoms with Crippen LogP contribution in [-0.4, -0.2) is 16.0 Å². The Bertz CT molecular complexity index is 578. The van der Waals surface area contributed by atoms with Crippen LogP contribution in [0.3, 0.4) is 0 Å². The molecular weight excluding hydrogens is 266 g/mol. The number of hydrogen-bond acceptors (Lipinski definition) is 4. The first-order chi connectivity index (χ1) is 10.1. The Morgan fingerprint density at radius 3 is 2.57 bits per heavy atom. The van der Waals surface area contributed by atoms with E-state index in [1.165, 1.54) is 0 Å². The summed E-state index contributed by atoms with van der Waals surface area (Å²) in [5.41, 5.74) is 1.09. The third-order valence-corrected chi connectivity index (χ3v) is 3.24. The van der Waals surface area contributed by atoms with E-state index in [0.717, 1.165) is 5.56 Å². The Hall–Kier alpha value is -2.17. The average Bonchev–Trinajstić information content (AvgIpc) is 2.95. The van der Waals surface area contributed by atoms with E-state index < -0.39 is 0 Å². The SMILES string of the molecule is CC(C)c1noc(CCC(=O)N[C@@H](C)c2ccccc2)n1. The summed E-state index contributed by atoms with van der Waals surface area (Å²) in [5.74, 6) is 1.41. The van der Waals surface area contributed by atoms with Gasteiger partial charge in [-0.05, 0) is 12.5 Å². The van der Waals surface area contributed by atoms with Crippen molar-refractivity contribution in [2.45, 2.75) is 45.6 Å². The van der Waals surface area contributed by atoms with Crippen LogP contribution in [0.1, 0.15) is 56.4 Å². The molecule has 0 saturated carbocycles. The fourth-order valence-electron chi connectivity index (χ4n) is 1.96. The van der Waals surface area contributed by atoms with E-state index in [0.29, 0.717) is 24.6 Å². The molecular formula is C16H21N3O2. The predicted octanol–water partition coefficient (Wildman–Crippen LogP) is 3.00. The smallest absolute Gasteiger partial charge is 0.227 e. The molecule has 0 spiro atoms. The quantitative estimate of drug-likeness (QED) is 0.886. The number of nitrogens with zero attached hydrogens (tertiary/aromatic N) is 2. The van der Waals surface area contributed by atoms with Gasteiger partial charge in [-0.1, -0.05) is 49.3 Å². The minimum absolute atomic E-state index is 0.00684. The van der Waals surface area contributed by atoms with Crippen molar-refractivity contribution in [1.29, 1.82) is 0 Å². The van der Waals surface area contributed by atoms with Gasteiger partial charge in [0.25, 0.3) is 0 Å². The van der Waals surface area contributed by atoms with Crippen molar-refractivity contribution in [3.05, 3.63) is 47.6 Å². The molecule has 0 aliphatic rings. The third-order valence-electron chi connectivity index (χ3n) is 3.24. The van der Waals surface area contributed by atoms with Crippen LogP contribution >= 0.6 is 0 Å². The highest BCUT2D eigenvalue weighted by molar-refractivity contribution is 5.76. The number of hydrogen-bond donors (Lipinski definition) is 1. The highest BCUT2D eigenvalue weighted by Crippen LogP contribution is 2.13. The number of amides is 1. The minimum Gasteiger partial charge on any atom is -0.350 e. The van der Waals surface area contributed by atoms with Gasteiger partial charge in [0.1, 0.15) is 0 Å². The molecule has 0 aliphatic carbocycles. The molecule has 1 N–H and O–H groups in total. The van der Waals surface area contributed by atoms with Crippen LogP contribution in [0.5, 0.6) is 0 Å². The first kappa shape index (κ1) is 15.2. The van der Waals surface area contributed by atoms with Crippen molar-refractivity contribution < 1.29 is 9.32 Å². The summed E-state index contributed by atoms with van der Waals surface area (Å²) < 4.78 is 5.12. The highest BCUT2D eigenvalue weighted by atomic mass is 16.5. The molecule has 21 heavy (non-hydrogen) atoms. The Morgan fingerprint density at radius 1 is 1.24 bits per heavy atom. The lowest BCUT2D eigenvalue weighted by Crippen LogP contribution is -2.26. The normalized spacial score (nSPS) is 12.4. The summed E-state index contributed by atoms with van der Waals surface area (Å²) in [4.78, 5) is 16.2. The van der Waals surface area contributed by atoms with E-state index >= 15 is 0 Å².